The molecule has 0 saturated carbocycles. The van der Waals surface area contributed by atoms with Crippen molar-refractivity contribution in [2.24, 2.45) is 34.6 Å². The summed E-state index contributed by atoms with van der Waals surface area (Å²) in [5.41, 5.74) is 42.6. The number of hydrogen-bond donors (Lipinski definition) is 22. The monoisotopic (exact) mass is 1480 g/mol. The van der Waals surface area contributed by atoms with Gasteiger partial charge in [-0.15, -0.1) is 0 Å². The lowest BCUT2D eigenvalue weighted by Crippen LogP contribution is -2.61. The van der Waals surface area contributed by atoms with Gasteiger partial charge in [-0.3, -0.25) is 61.8 Å². The Balaban J connectivity index is 0.00000115. The number of nitrogens with two attached hydrogens (primary N) is 7. The standard InChI is InChI=1S/C48H82N16O13.C14H18N4O3.H2O4S/c1-27(2)24-37-47(76)59-32(11-19-52)41(70)56-31(10-18-51)43(72)61-35(14-22-65)39(68)54-21-13-34(45(74)57-33(12-20-53)44(73)64-38(48(77)63-37)25-28-6-4-3-5-7-28)60-42(71)30(9-17-50)58-46(75)36(15-23-66)62-40(69)29(8-16-49)55-26-67;1-19-10-5-8(6-11(20-2)12(10)21-3)4-9-7-17-14(16)18-13(9)15;1-5(2,3)4/h3-7,26-27,29-38,65-66H,8-25,49-53H2,1-2H3,(H,54,68)(H,55,67)(H,56,70)(H,57,74)(H,58,75)(H,59,76)(H,60,71)(H,61,72)(H,62,69)(H,63,77)(H,64,73);5-7H,4H2,1-3H3,(H4,15,16,17,18);(H2,1,2,3,4). The SMILES string of the molecule is CC(C)CC1NC(=O)C(Cc2ccccc2)NC(=O)C(CCN)NC(=O)C(NC(=O)C(CCN)NC(=O)C(CCO)NC(=O)C(CCN)NC=O)CCNC(=O)C(CCO)NC(=O)C(CCN)NC(=O)C(CCN)NC1=O.COc1cc(Cc2cnc(N)nc2N)cc(OC)c1OC.O=S(=O)(O)O. The highest BCUT2D eigenvalue weighted by molar-refractivity contribution is 7.79. The van der Waals surface area contributed by atoms with E-state index in [1.165, 1.54) is 0 Å². The molecule has 2 heterocycles. The number of nitrogens with one attached hydrogen (secondary N) is 11. The van der Waals surface area contributed by atoms with E-state index in [1.807, 2.05) is 12.1 Å². The number of hydrogen-bond acceptors (Lipinski definition) is 27. The van der Waals surface area contributed by atoms with Crippen LogP contribution in [0.3, 0.4) is 0 Å². The van der Waals surface area contributed by atoms with Crippen LogP contribution >= 0.6 is 0 Å². The molecule has 1 aliphatic rings. The summed E-state index contributed by atoms with van der Waals surface area (Å²) in [4.78, 5) is 158. The highest BCUT2D eigenvalue weighted by Crippen LogP contribution is 2.39. The molecule has 0 aliphatic carbocycles. The minimum atomic E-state index is -4.67. The van der Waals surface area contributed by atoms with Gasteiger partial charge in [0.1, 0.15) is 66.2 Å². The number of ether oxygens (including phenoxy) is 3. The fourth-order valence-corrected chi connectivity index (χ4v) is 10.0. The summed E-state index contributed by atoms with van der Waals surface area (Å²) in [6.07, 6.45) is 0.537. The summed E-state index contributed by atoms with van der Waals surface area (Å²) >= 11 is 0. The van der Waals surface area contributed by atoms with Crippen molar-refractivity contribution in [2.75, 3.05) is 85.3 Å². The number of carbonyl (C=O) groups is 11. The van der Waals surface area contributed by atoms with Crippen LogP contribution in [0.4, 0.5) is 11.8 Å². The molecule has 1 fully saturated rings. The molecule has 29 N–H and O–H groups in total. The van der Waals surface area contributed by atoms with Crippen LogP contribution in [-0.2, 0) is 76.0 Å². The zero-order valence-electron chi connectivity index (χ0n) is 58.1. The van der Waals surface area contributed by atoms with Crippen molar-refractivity contribution in [2.45, 2.75) is 145 Å². The van der Waals surface area contributed by atoms with Crippen LogP contribution in [0.15, 0.2) is 48.7 Å². The molecule has 3 aromatic rings. The predicted molar refractivity (Wildman–Crippen MR) is 373 cm³/mol. The quantitative estimate of drug-likeness (QED) is 0.0210. The van der Waals surface area contributed by atoms with Crippen LogP contribution in [0.5, 0.6) is 17.2 Å². The number of amides is 11. The molecule has 1 saturated heterocycles. The lowest BCUT2D eigenvalue weighted by molar-refractivity contribution is -0.136. The van der Waals surface area contributed by atoms with Gasteiger partial charge in [0.05, 0.1) is 21.3 Å². The van der Waals surface area contributed by atoms with Crippen LogP contribution in [0, 0.1) is 5.92 Å². The lowest BCUT2D eigenvalue weighted by Gasteiger charge is -2.28. The second kappa shape index (κ2) is 47.5. The Hall–Kier alpha value is -9.72. The molecule has 10 atom stereocenters. The topological polar surface area (TPSA) is 671 Å². The third kappa shape index (κ3) is 32.9. The first kappa shape index (κ1) is 89.4. The normalized spacial score (nSPS) is 19.6. The van der Waals surface area contributed by atoms with Gasteiger partial charge in [-0.25, -0.2) is 4.98 Å². The van der Waals surface area contributed by atoms with Crippen LogP contribution in [0.1, 0.15) is 88.3 Å². The predicted octanol–water partition coefficient (Wildman–Crippen LogP) is -7.61. The van der Waals surface area contributed by atoms with E-state index in [0.29, 0.717) is 35.1 Å². The van der Waals surface area contributed by atoms with E-state index in [2.05, 4.69) is 68.5 Å². The Labute approximate surface area is 596 Å². The van der Waals surface area contributed by atoms with Crippen molar-refractivity contribution in [1.29, 1.82) is 0 Å². The van der Waals surface area contributed by atoms with Crippen LogP contribution in [0.2, 0.25) is 0 Å². The average molecular weight is 1480 g/mol. The number of anilines is 2. The van der Waals surface area contributed by atoms with Gasteiger partial charge in [0, 0.05) is 44.4 Å². The highest BCUT2D eigenvalue weighted by Gasteiger charge is 2.37. The Bertz CT molecular complexity index is 3310. The molecular formula is C62H102N20O20S. The molecule has 1 aliphatic heterocycles. The maximum absolute atomic E-state index is 14.4. The molecule has 40 nitrogen and oxygen atoms in total. The van der Waals surface area contributed by atoms with E-state index in [9.17, 15) is 63.0 Å². The molecule has 576 valence electrons. The maximum atomic E-state index is 14.4. The van der Waals surface area contributed by atoms with E-state index in [0.717, 1.165) is 11.1 Å². The number of aliphatic hydroxyl groups is 2. The van der Waals surface area contributed by atoms with Gasteiger partial charge >= 0.3 is 10.4 Å². The molecule has 11 amide bonds. The van der Waals surface area contributed by atoms with Crippen molar-refractivity contribution in [3.05, 3.63) is 65.4 Å². The van der Waals surface area contributed by atoms with Crippen molar-refractivity contribution in [1.82, 2.24) is 68.5 Å². The van der Waals surface area contributed by atoms with Crippen LogP contribution < -0.4 is 113 Å². The lowest BCUT2D eigenvalue weighted by atomic mass is 10.00. The number of aliphatic hydroxyl groups excluding tert-OH is 2. The molecule has 0 spiro atoms. The number of carbonyl (C=O) groups excluding carboxylic acids is 11. The van der Waals surface area contributed by atoms with E-state index in [4.69, 9.17) is 71.9 Å². The first-order valence-corrected chi connectivity index (χ1v) is 34.1. The number of nitrogens with zero attached hydrogens (tertiary/aromatic N) is 2. The molecule has 0 radical (unpaired) electrons. The second-order valence-electron chi connectivity index (χ2n) is 23.5. The van der Waals surface area contributed by atoms with E-state index < -0.39 is 156 Å². The number of benzene rings is 2. The minimum absolute atomic E-state index is 0.00155. The number of aromatic nitrogens is 2. The number of rotatable bonds is 31. The third-order valence-electron chi connectivity index (χ3n) is 15.2. The fourth-order valence-electron chi connectivity index (χ4n) is 10.0. The first-order chi connectivity index (χ1) is 48.9. The van der Waals surface area contributed by atoms with E-state index in [-0.39, 0.29) is 109 Å². The molecule has 4 rings (SSSR count). The summed E-state index contributed by atoms with van der Waals surface area (Å²) in [6.45, 7) is 1.33. The summed E-state index contributed by atoms with van der Waals surface area (Å²) in [5, 5.41) is 47.5. The third-order valence-corrected chi connectivity index (χ3v) is 15.2. The number of nitrogen functional groups attached to an aromatic ring is 2. The highest BCUT2D eigenvalue weighted by atomic mass is 32.3. The van der Waals surface area contributed by atoms with Gasteiger partial charge in [-0.2, -0.15) is 13.4 Å². The van der Waals surface area contributed by atoms with Crippen molar-refractivity contribution < 1.29 is 94.7 Å². The van der Waals surface area contributed by atoms with E-state index in [1.54, 1.807) is 71.7 Å². The van der Waals surface area contributed by atoms with Gasteiger partial charge < -0.3 is 123 Å². The summed E-state index contributed by atoms with van der Waals surface area (Å²) in [7, 11) is 0.0371. The molecule has 2 aromatic carbocycles. The van der Waals surface area contributed by atoms with Gasteiger partial charge in [0.2, 0.25) is 77.2 Å². The van der Waals surface area contributed by atoms with Gasteiger partial charge in [-0.05, 0) is 120 Å². The Morgan fingerprint density at radius 3 is 1.51 bits per heavy atom. The Morgan fingerprint density at radius 1 is 0.602 bits per heavy atom. The Morgan fingerprint density at radius 2 is 1.06 bits per heavy atom. The van der Waals surface area contributed by atoms with Crippen molar-refractivity contribution in [3.63, 3.8) is 0 Å². The van der Waals surface area contributed by atoms with Crippen molar-refractivity contribution >= 4 is 87.6 Å². The molecular weight excluding hydrogens is 1380 g/mol. The smallest absolute Gasteiger partial charge is 0.394 e. The summed E-state index contributed by atoms with van der Waals surface area (Å²) in [5.74, 6) is -6.90. The van der Waals surface area contributed by atoms with E-state index >= 15 is 0 Å². The minimum Gasteiger partial charge on any atom is -0.493 e. The van der Waals surface area contributed by atoms with Crippen LogP contribution in [0.25, 0.3) is 0 Å². The van der Waals surface area contributed by atoms with Crippen molar-refractivity contribution in [3.8, 4) is 17.2 Å². The zero-order valence-corrected chi connectivity index (χ0v) is 59.0. The fraction of sp³-hybridized carbons (Fsp3) is 0.565. The van der Waals surface area contributed by atoms with Crippen LogP contribution in [-0.4, -0.2) is 237 Å². The molecule has 10 unspecified atom stereocenters. The molecule has 103 heavy (non-hydrogen) atoms. The largest absolute Gasteiger partial charge is 0.493 e. The summed E-state index contributed by atoms with van der Waals surface area (Å²) in [6, 6.07) is -1.76. The maximum Gasteiger partial charge on any atom is 0.394 e. The zero-order chi connectivity index (χ0) is 77.4. The number of methoxy groups -OCH3 is 3. The second-order valence-corrected chi connectivity index (χ2v) is 24.4. The van der Waals surface area contributed by atoms with Gasteiger partial charge in [0.25, 0.3) is 0 Å². The van der Waals surface area contributed by atoms with Gasteiger partial charge in [-0.1, -0.05) is 44.2 Å². The molecule has 41 heteroatoms. The van der Waals surface area contributed by atoms with Gasteiger partial charge in [0.15, 0.2) is 11.5 Å². The first-order valence-electron chi connectivity index (χ1n) is 32.7. The average Bonchev–Trinajstić information content (AvgIpc) is 0.822. The molecule has 0 bridgehead atoms. The summed E-state index contributed by atoms with van der Waals surface area (Å²) < 4.78 is 47.5. The molecule has 1 aromatic heterocycles. The Kier molecular flexibility index (Phi) is 41.2.